The van der Waals surface area contributed by atoms with Crippen molar-refractivity contribution in [1.82, 2.24) is 0 Å². The fourth-order valence-electron chi connectivity index (χ4n) is 7.39. The molecule has 0 aliphatic rings. The van der Waals surface area contributed by atoms with E-state index in [-0.39, 0.29) is 40.3 Å². The van der Waals surface area contributed by atoms with Crippen molar-refractivity contribution in [2.24, 2.45) is 0 Å². The first-order valence-electron chi connectivity index (χ1n) is 24.8. The van der Waals surface area contributed by atoms with Crippen molar-refractivity contribution in [2.75, 3.05) is 66.3 Å². The number of alkyl halides is 9. The van der Waals surface area contributed by atoms with Crippen LogP contribution in [-0.4, -0.2) is 52.1 Å². The number of hydrogen-bond acceptors (Lipinski definition) is 9. The summed E-state index contributed by atoms with van der Waals surface area (Å²) < 4.78 is 136. The van der Waals surface area contributed by atoms with Crippen LogP contribution in [-0.2, 0) is 25.1 Å². The Hall–Kier alpha value is -8.88. The van der Waals surface area contributed by atoms with Crippen LogP contribution in [0.5, 0.6) is 17.2 Å². The monoisotopic (exact) mass is 1120 g/mol. The summed E-state index contributed by atoms with van der Waals surface area (Å²) in [6.45, 7) is 4.90. The van der Waals surface area contributed by atoms with Gasteiger partial charge in [-0.15, -0.1) is 0 Å². The molecule has 424 valence electrons. The Labute approximate surface area is 457 Å². The van der Waals surface area contributed by atoms with Gasteiger partial charge < -0.3 is 46.1 Å². The summed E-state index contributed by atoms with van der Waals surface area (Å²) in [7, 11) is 4.46. The number of unbranched alkanes of at least 4 members (excludes halogenated alkanes) is 1. The Balaban J connectivity index is 0.000000221. The van der Waals surface area contributed by atoms with Gasteiger partial charge in [0.2, 0.25) is 0 Å². The van der Waals surface area contributed by atoms with E-state index in [2.05, 4.69) is 31.9 Å². The van der Waals surface area contributed by atoms with Crippen molar-refractivity contribution < 1.29 is 68.1 Å². The zero-order valence-corrected chi connectivity index (χ0v) is 44.1. The van der Waals surface area contributed by atoms with Crippen LogP contribution >= 0.6 is 0 Å². The second kappa shape index (κ2) is 29.2. The lowest BCUT2D eigenvalue weighted by Crippen LogP contribution is -2.16. The van der Waals surface area contributed by atoms with Crippen molar-refractivity contribution in [1.29, 1.82) is 0 Å². The van der Waals surface area contributed by atoms with Crippen LogP contribution in [0.2, 0.25) is 0 Å². The molecule has 0 aromatic heterocycles. The molecule has 0 bridgehead atoms. The van der Waals surface area contributed by atoms with Gasteiger partial charge >= 0.3 is 18.5 Å². The molecule has 0 unspecified atom stereocenters. The highest BCUT2D eigenvalue weighted by Crippen LogP contribution is 2.38. The molecule has 0 radical (unpaired) electrons. The second-order valence-electron chi connectivity index (χ2n) is 17.4. The highest BCUT2D eigenvalue weighted by Gasteiger charge is 2.36. The van der Waals surface area contributed by atoms with Gasteiger partial charge in [0.05, 0.1) is 38.0 Å². The summed E-state index contributed by atoms with van der Waals surface area (Å²) in [5.41, 5.74) is -0.842. The lowest BCUT2D eigenvalue weighted by atomic mass is 10.1. The minimum absolute atomic E-state index is 0.0242. The van der Waals surface area contributed by atoms with Crippen LogP contribution in [0.4, 0.5) is 73.6 Å². The zero-order chi connectivity index (χ0) is 58.5. The van der Waals surface area contributed by atoms with Crippen molar-refractivity contribution >= 4 is 51.8 Å². The Kier molecular flexibility index (Phi) is 22.6. The molecule has 80 heavy (non-hydrogen) atoms. The molecule has 0 aliphatic heterocycles. The van der Waals surface area contributed by atoms with Gasteiger partial charge in [0.15, 0.2) is 0 Å². The number of methoxy groups -OCH3 is 3. The molecule has 3 amide bonds. The van der Waals surface area contributed by atoms with Crippen molar-refractivity contribution in [2.45, 2.75) is 58.2 Å². The third-order valence-corrected chi connectivity index (χ3v) is 11.5. The van der Waals surface area contributed by atoms with E-state index in [0.717, 1.165) is 36.6 Å². The number of halogens is 9. The minimum Gasteiger partial charge on any atom is -0.497 e. The first kappa shape index (κ1) is 62.0. The van der Waals surface area contributed by atoms with Crippen molar-refractivity contribution in [3.63, 3.8) is 0 Å². The van der Waals surface area contributed by atoms with Crippen LogP contribution in [0, 0.1) is 0 Å². The summed E-state index contributed by atoms with van der Waals surface area (Å²) in [5, 5.41) is 16.0. The van der Waals surface area contributed by atoms with Crippen molar-refractivity contribution in [3.8, 4) is 17.2 Å². The molecule has 0 atom stereocenters. The number of ether oxygens (including phenoxy) is 3. The highest BCUT2D eigenvalue weighted by molar-refractivity contribution is 6.06. The third kappa shape index (κ3) is 18.9. The molecule has 6 N–H and O–H groups in total. The summed E-state index contributed by atoms with van der Waals surface area (Å²) in [4.78, 5) is 37.0. The van der Waals surface area contributed by atoms with Gasteiger partial charge in [0.25, 0.3) is 17.7 Å². The van der Waals surface area contributed by atoms with Gasteiger partial charge in [-0.1, -0.05) is 68.8 Å². The Morgan fingerprint density at radius 2 is 0.750 bits per heavy atom. The van der Waals surface area contributed by atoms with E-state index in [1.165, 1.54) is 57.7 Å². The van der Waals surface area contributed by atoms with Crippen LogP contribution in [0.15, 0.2) is 158 Å². The minimum atomic E-state index is -4.61. The summed E-state index contributed by atoms with van der Waals surface area (Å²) in [5.74, 6) is -0.288. The molecule has 12 nitrogen and oxygen atoms in total. The summed E-state index contributed by atoms with van der Waals surface area (Å²) >= 11 is 0. The highest BCUT2D eigenvalue weighted by atomic mass is 19.4. The van der Waals surface area contributed by atoms with Gasteiger partial charge in [-0.25, -0.2) is 0 Å². The topological polar surface area (TPSA) is 151 Å². The second-order valence-corrected chi connectivity index (χ2v) is 17.4. The Morgan fingerprint density at radius 3 is 1.07 bits per heavy atom. The van der Waals surface area contributed by atoms with Crippen LogP contribution in [0.3, 0.4) is 0 Å². The largest absolute Gasteiger partial charge is 0.497 e. The van der Waals surface area contributed by atoms with Gasteiger partial charge in [0, 0.05) is 88.6 Å². The quantitative estimate of drug-likeness (QED) is 0.0343. The average molecular weight is 1120 g/mol. The average Bonchev–Trinajstić information content (AvgIpc) is 3.44. The zero-order valence-electron chi connectivity index (χ0n) is 44.1. The molecule has 0 heterocycles. The molecule has 0 fully saturated rings. The van der Waals surface area contributed by atoms with E-state index in [0.29, 0.717) is 53.8 Å². The predicted octanol–water partition coefficient (Wildman–Crippen LogP) is 15.5. The molecule has 7 aromatic rings. The van der Waals surface area contributed by atoms with Crippen molar-refractivity contribution in [3.05, 3.63) is 197 Å². The van der Waals surface area contributed by atoms with E-state index >= 15 is 0 Å². The number of rotatable bonds is 19. The molecular weight excluding hydrogens is 1060 g/mol. The molecule has 21 heteroatoms. The fourth-order valence-corrected chi connectivity index (χ4v) is 7.39. The van der Waals surface area contributed by atoms with Crippen LogP contribution in [0.1, 0.15) is 86.4 Å². The molecule has 0 aliphatic carbocycles. The standard InChI is InChI=1S/C22H19F3N2O2.C19H21F3N2O2.C18H19F3N2O2/c1-29-18-9-5-8-17(13-18)27-21(28)16-10-11-20(19(12-16)22(23,24)25)26-14-15-6-3-2-4-7-15;1-3-4-10-23-17-9-8-13(11-16(17)19(20,21)22)18(25)24-14-6-5-7-15(12-14)26-2;1-3-9-22-16-8-7-12(10-15(16)18(19,20)21)17(24)23-13-5-4-6-14(11-13)25-2/h2-13,26H,14H2,1H3,(H,27,28);5-9,11-12,23H,3-4,10H2,1-2H3,(H,24,25);4-8,10-11,22H,3,9H2,1-2H3,(H,23,24). The first-order valence-corrected chi connectivity index (χ1v) is 24.8. The molecule has 0 saturated carbocycles. The number of hydrogen-bond donors (Lipinski definition) is 6. The molecule has 0 saturated heterocycles. The number of benzene rings is 7. The summed E-state index contributed by atoms with van der Waals surface area (Å²) in [6, 6.07) is 39.4. The van der Waals surface area contributed by atoms with Crippen LogP contribution in [0.25, 0.3) is 0 Å². The van der Waals surface area contributed by atoms with Gasteiger partial charge in [0.1, 0.15) is 17.2 Å². The predicted molar refractivity (Wildman–Crippen MR) is 293 cm³/mol. The SMILES string of the molecule is CCCCNc1ccc(C(=O)Nc2cccc(OC)c2)cc1C(F)(F)F.CCCNc1ccc(C(=O)Nc2cccc(OC)c2)cc1C(F)(F)F.COc1cccc(NC(=O)c2ccc(NCc3ccccc3)c(C(F)(F)F)c2)c1. The lowest BCUT2D eigenvalue weighted by Gasteiger charge is -2.16. The van der Waals surface area contributed by atoms with Gasteiger partial charge in [-0.3, -0.25) is 14.4 Å². The van der Waals surface area contributed by atoms with E-state index < -0.39 is 52.9 Å². The van der Waals surface area contributed by atoms with E-state index in [4.69, 9.17) is 14.2 Å². The third-order valence-electron chi connectivity index (χ3n) is 11.5. The molecule has 7 rings (SSSR count). The fraction of sp³-hybridized carbons (Fsp3) is 0.237. The first-order chi connectivity index (χ1) is 38.1. The Bertz CT molecular complexity index is 3150. The maximum atomic E-state index is 13.6. The lowest BCUT2D eigenvalue weighted by molar-refractivity contribution is -0.137. The molecule has 7 aromatic carbocycles. The number of carbonyl (C=O) groups excluding carboxylic acids is 3. The van der Waals surface area contributed by atoms with Crippen LogP contribution < -0.4 is 46.1 Å². The van der Waals surface area contributed by atoms with Gasteiger partial charge in [-0.05, 0) is 109 Å². The van der Waals surface area contributed by atoms with E-state index in [1.807, 2.05) is 44.2 Å². The normalized spacial score (nSPS) is 11.1. The molecule has 0 spiro atoms. The smallest absolute Gasteiger partial charge is 0.418 e. The number of carbonyl (C=O) groups is 3. The van der Waals surface area contributed by atoms with E-state index in [1.54, 1.807) is 72.8 Å². The summed E-state index contributed by atoms with van der Waals surface area (Å²) in [6.07, 6.45) is -11.4. The number of nitrogens with one attached hydrogen (secondary N) is 6. The maximum absolute atomic E-state index is 13.6. The molecular formula is C59H59F9N6O6. The maximum Gasteiger partial charge on any atom is 0.418 e. The number of amides is 3. The van der Waals surface area contributed by atoms with E-state index in [9.17, 15) is 53.9 Å². The van der Waals surface area contributed by atoms with Gasteiger partial charge in [-0.2, -0.15) is 39.5 Å². The Morgan fingerprint density at radius 1 is 0.400 bits per heavy atom. The number of anilines is 6.